The van der Waals surface area contributed by atoms with Gasteiger partial charge in [0.1, 0.15) is 0 Å². The summed E-state index contributed by atoms with van der Waals surface area (Å²) in [5.74, 6) is 0. The molecule has 1 atom stereocenters. The zero-order valence-electron chi connectivity index (χ0n) is 10.2. The minimum Gasteiger partial charge on any atom is -0.315 e. The first kappa shape index (κ1) is 11.6. The van der Waals surface area contributed by atoms with Gasteiger partial charge in [0.25, 0.3) is 0 Å². The summed E-state index contributed by atoms with van der Waals surface area (Å²) in [7, 11) is 0. The van der Waals surface area contributed by atoms with Crippen molar-refractivity contribution in [2.24, 2.45) is 0 Å². The summed E-state index contributed by atoms with van der Waals surface area (Å²) in [6, 6.07) is 4.83. The predicted octanol–water partition coefficient (Wildman–Crippen LogP) is 1.57. The third kappa shape index (κ3) is 2.60. The van der Waals surface area contributed by atoms with Crippen molar-refractivity contribution >= 4 is 0 Å². The maximum absolute atomic E-state index is 4.48. The number of aryl methyl sites for hydroxylation is 1. The van der Waals surface area contributed by atoms with Crippen molar-refractivity contribution in [3.8, 4) is 0 Å². The first-order valence-corrected chi connectivity index (χ1v) is 6.16. The molecule has 2 heterocycles. The van der Waals surface area contributed by atoms with E-state index in [1.54, 1.807) is 0 Å². The van der Waals surface area contributed by atoms with E-state index in [9.17, 15) is 0 Å². The van der Waals surface area contributed by atoms with E-state index in [1.165, 1.54) is 17.7 Å². The van der Waals surface area contributed by atoms with E-state index in [2.05, 4.69) is 35.1 Å². The molecule has 0 bridgehead atoms. The van der Waals surface area contributed by atoms with Crippen LogP contribution < -0.4 is 5.32 Å². The zero-order valence-corrected chi connectivity index (χ0v) is 10.2. The number of rotatable bonds is 4. The van der Waals surface area contributed by atoms with Crippen molar-refractivity contribution in [3.63, 3.8) is 0 Å². The second-order valence-electron chi connectivity index (χ2n) is 4.48. The molecule has 3 nitrogen and oxygen atoms in total. The molecule has 1 aromatic heterocycles. The molecule has 1 N–H and O–H groups in total. The molecule has 1 aliphatic rings. The Morgan fingerprint density at radius 1 is 1.56 bits per heavy atom. The van der Waals surface area contributed by atoms with Crippen LogP contribution in [-0.4, -0.2) is 35.6 Å². The zero-order chi connectivity index (χ0) is 11.4. The smallest absolute Gasteiger partial charge is 0.0573 e. The fourth-order valence-corrected chi connectivity index (χ4v) is 2.33. The van der Waals surface area contributed by atoms with Gasteiger partial charge in [0.15, 0.2) is 0 Å². The molecule has 3 heteroatoms. The average molecular weight is 219 g/mol. The third-order valence-electron chi connectivity index (χ3n) is 3.43. The Morgan fingerprint density at radius 2 is 2.44 bits per heavy atom. The molecule has 16 heavy (non-hydrogen) atoms. The van der Waals surface area contributed by atoms with Crippen LogP contribution in [0.25, 0.3) is 0 Å². The van der Waals surface area contributed by atoms with Crippen molar-refractivity contribution in [1.82, 2.24) is 15.2 Å². The van der Waals surface area contributed by atoms with Crippen LogP contribution in [0.5, 0.6) is 0 Å². The van der Waals surface area contributed by atoms with Gasteiger partial charge in [0, 0.05) is 25.3 Å². The minimum atomic E-state index is 0.686. The normalized spacial score (nSPS) is 20.6. The van der Waals surface area contributed by atoms with E-state index in [-0.39, 0.29) is 0 Å². The topological polar surface area (TPSA) is 28.2 Å². The fraction of sp³-hybridized carbons (Fsp3) is 0.615. The Kier molecular flexibility index (Phi) is 3.91. The van der Waals surface area contributed by atoms with Gasteiger partial charge in [0.2, 0.25) is 0 Å². The van der Waals surface area contributed by atoms with Crippen molar-refractivity contribution in [2.45, 2.75) is 32.9 Å². The van der Waals surface area contributed by atoms with Crippen LogP contribution in [-0.2, 0) is 6.54 Å². The standard InChI is InChI=1S/C13H21N3/c1-3-16(12-6-8-14-9-12)10-13-11(2)5-4-7-15-13/h4-5,7,12,14H,3,6,8-10H2,1-2H3. The molecule has 0 spiro atoms. The van der Waals surface area contributed by atoms with E-state index >= 15 is 0 Å². The summed E-state index contributed by atoms with van der Waals surface area (Å²) in [6.45, 7) is 8.74. The van der Waals surface area contributed by atoms with E-state index in [4.69, 9.17) is 0 Å². The Bertz CT molecular complexity index is 332. The van der Waals surface area contributed by atoms with Gasteiger partial charge in [-0.3, -0.25) is 9.88 Å². The molecule has 0 aliphatic carbocycles. The number of likely N-dealkylation sites (N-methyl/N-ethyl adjacent to an activating group) is 1. The molecule has 0 amide bonds. The van der Waals surface area contributed by atoms with Gasteiger partial charge in [-0.05, 0) is 38.1 Å². The summed E-state index contributed by atoms with van der Waals surface area (Å²) in [5.41, 5.74) is 2.52. The highest BCUT2D eigenvalue weighted by atomic mass is 15.2. The van der Waals surface area contributed by atoms with Gasteiger partial charge in [-0.1, -0.05) is 13.0 Å². The highest BCUT2D eigenvalue weighted by molar-refractivity contribution is 5.17. The van der Waals surface area contributed by atoms with Gasteiger partial charge in [-0.2, -0.15) is 0 Å². The second-order valence-corrected chi connectivity index (χ2v) is 4.48. The molecule has 1 aromatic rings. The second kappa shape index (κ2) is 5.41. The highest BCUT2D eigenvalue weighted by Crippen LogP contribution is 2.13. The van der Waals surface area contributed by atoms with Gasteiger partial charge in [-0.15, -0.1) is 0 Å². The van der Waals surface area contributed by atoms with Crippen molar-refractivity contribution in [3.05, 3.63) is 29.6 Å². The average Bonchev–Trinajstić information content (AvgIpc) is 2.81. The number of hydrogen-bond acceptors (Lipinski definition) is 3. The number of aromatic nitrogens is 1. The number of hydrogen-bond donors (Lipinski definition) is 1. The van der Waals surface area contributed by atoms with Crippen LogP contribution in [0, 0.1) is 6.92 Å². The number of nitrogens with zero attached hydrogens (tertiary/aromatic N) is 2. The summed E-state index contributed by atoms with van der Waals surface area (Å²) >= 11 is 0. The summed E-state index contributed by atoms with van der Waals surface area (Å²) in [4.78, 5) is 7.00. The Hall–Kier alpha value is -0.930. The van der Waals surface area contributed by atoms with Gasteiger partial charge >= 0.3 is 0 Å². The lowest BCUT2D eigenvalue weighted by atomic mass is 10.1. The lowest BCUT2D eigenvalue weighted by Gasteiger charge is -2.26. The molecule has 1 fully saturated rings. The summed E-state index contributed by atoms with van der Waals surface area (Å²) < 4.78 is 0. The highest BCUT2D eigenvalue weighted by Gasteiger charge is 2.21. The van der Waals surface area contributed by atoms with Gasteiger partial charge < -0.3 is 5.32 Å². The summed E-state index contributed by atoms with van der Waals surface area (Å²) in [6.07, 6.45) is 3.16. The molecule has 1 saturated heterocycles. The summed E-state index contributed by atoms with van der Waals surface area (Å²) in [5, 5.41) is 3.43. The van der Waals surface area contributed by atoms with Crippen LogP contribution in [0.3, 0.4) is 0 Å². The van der Waals surface area contributed by atoms with E-state index in [0.717, 1.165) is 26.2 Å². The quantitative estimate of drug-likeness (QED) is 0.833. The molecule has 88 valence electrons. The Labute approximate surface area is 97.9 Å². The van der Waals surface area contributed by atoms with Crippen LogP contribution in [0.2, 0.25) is 0 Å². The molecule has 1 aliphatic heterocycles. The fourth-order valence-electron chi connectivity index (χ4n) is 2.33. The van der Waals surface area contributed by atoms with E-state index < -0.39 is 0 Å². The molecular formula is C13H21N3. The molecule has 0 saturated carbocycles. The Morgan fingerprint density at radius 3 is 3.06 bits per heavy atom. The SMILES string of the molecule is CCN(Cc1ncccc1C)C1CCNC1. The van der Waals surface area contributed by atoms with Gasteiger partial charge in [0.05, 0.1) is 5.69 Å². The van der Waals surface area contributed by atoms with Crippen LogP contribution in [0.15, 0.2) is 18.3 Å². The van der Waals surface area contributed by atoms with E-state index in [0.29, 0.717) is 6.04 Å². The monoisotopic (exact) mass is 219 g/mol. The molecular weight excluding hydrogens is 198 g/mol. The van der Waals surface area contributed by atoms with Crippen molar-refractivity contribution < 1.29 is 0 Å². The van der Waals surface area contributed by atoms with Crippen molar-refractivity contribution in [2.75, 3.05) is 19.6 Å². The predicted molar refractivity (Wildman–Crippen MR) is 66.3 cm³/mol. The minimum absolute atomic E-state index is 0.686. The van der Waals surface area contributed by atoms with Crippen LogP contribution in [0.1, 0.15) is 24.6 Å². The first-order valence-electron chi connectivity index (χ1n) is 6.16. The van der Waals surface area contributed by atoms with E-state index in [1.807, 2.05) is 12.3 Å². The Balaban J connectivity index is 2.03. The maximum Gasteiger partial charge on any atom is 0.0573 e. The molecule has 1 unspecified atom stereocenters. The maximum atomic E-state index is 4.48. The van der Waals surface area contributed by atoms with Crippen LogP contribution >= 0.6 is 0 Å². The number of nitrogens with one attached hydrogen (secondary N) is 1. The van der Waals surface area contributed by atoms with Crippen molar-refractivity contribution in [1.29, 1.82) is 0 Å². The first-order chi connectivity index (χ1) is 7.81. The van der Waals surface area contributed by atoms with Crippen LogP contribution in [0.4, 0.5) is 0 Å². The molecule has 2 rings (SSSR count). The molecule has 0 aromatic carbocycles. The molecule has 0 radical (unpaired) electrons. The largest absolute Gasteiger partial charge is 0.315 e. The number of pyridine rings is 1. The lowest BCUT2D eigenvalue weighted by Crippen LogP contribution is -2.36. The third-order valence-corrected chi connectivity index (χ3v) is 3.43. The lowest BCUT2D eigenvalue weighted by molar-refractivity contribution is 0.207. The van der Waals surface area contributed by atoms with Gasteiger partial charge in [-0.25, -0.2) is 0 Å².